The zero-order valence-corrected chi connectivity index (χ0v) is 21.7. The second-order valence-corrected chi connectivity index (χ2v) is 10.9. The fourth-order valence-electron chi connectivity index (χ4n) is 6.96. The molecular formula is C34H37N3. The maximum absolute atomic E-state index is 11.1. The van der Waals surface area contributed by atoms with Gasteiger partial charge in [-0.2, -0.15) is 5.26 Å². The molecule has 6 rings (SSSR count). The molecular weight excluding hydrogens is 450 g/mol. The van der Waals surface area contributed by atoms with Crippen LogP contribution in [0.15, 0.2) is 84.9 Å². The van der Waals surface area contributed by atoms with E-state index in [1.165, 1.54) is 71.2 Å². The van der Waals surface area contributed by atoms with E-state index in [0.717, 1.165) is 26.2 Å². The van der Waals surface area contributed by atoms with Gasteiger partial charge in [-0.25, -0.2) is 0 Å². The molecule has 4 aromatic rings. The van der Waals surface area contributed by atoms with E-state index in [2.05, 4.69) is 101 Å². The Morgan fingerprint density at radius 1 is 0.514 bits per heavy atom. The van der Waals surface area contributed by atoms with Gasteiger partial charge in [0, 0.05) is 0 Å². The lowest BCUT2D eigenvalue weighted by molar-refractivity contribution is 0.0652. The Hall–Kier alpha value is -3.19. The molecule has 3 heteroatoms. The van der Waals surface area contributed by atoms with Crippen LogP contribution in [0.4, 0.5) is 0 Å². The molecule has 0 amide bonds. The van der Waals surface area contributed by atoms with Gasteiger partial charge in [0.05, 0.1) is 24.1 Å². The van der Waals surface area contributed by atoms with Crippen LogP contribution in [-0.2, 0) is 0 Å². The number of benzene rings is 4. The maximum atomic E-state index is 11.1. The highest BCUT2D eigenvalue weighted by Crippen LogP contribution is 2.45. The maximum Gasteiger partial charge on any atom is 0.0857 e. The first-order chi connectivity index (χ1) is 18.3. The number of nitrogens with zero attached hydrogens (tertiary/aromatic N) is 3. The lowest BCUT2D eigenvalue weighted by Gasteiger charge is -2.44. The summed E-state index contributed by atoms with van der Waals surface area (Å²) in [6, 6.07) is 33.9. The average molecular weight is 488 g/mol. The van der Waals surface area contributed by atoms with Crippen molar-refractivity contribution in [3.8, 4) is 6.07 Å². The summed E-state index contributed by atoms with van der Waals surface area (Å²) < 4.78 is 0. The zero-order valence-electron chi connectivity index (χ0n) is 21.7. The summed E-state index contributed by atoms with van der Waals surface area (Å²) in [5.41, 5.74) is 2.63. The summed E-state index contributed by atoms with van der Waals surface area (Å²) in [4.78, 5) is 5.28. The molecule has 3 nitrogen and oxygen atoms in total. The van der Waals surface area contributed by atoms with Crippen molar-refractivity contribution in [1.29, 1.82) is 5.26 Å². The first kappa shape index (κ1) is 24.2. The normalized spacial score (nSPS) is 19.9. The van der Waals surface area contributed by atoms with Crippen LogP contribution >= 0.6 is 0 Å². The van der Waals surface area contributed by atoms with Gasteiger partial charge < -0.3 is 0 Å². The molecule has 2 fully saturated rings. The lowest BCUT2D eigenvalue weighted by Crippen LogP contribution is -2.44. The van der Waals surface area contributed by atoms with Gasteiger partial charge in [0.1, 0.15) is 0 Å². The Balaban J connectivity index is 1.55. The predicted molar refractivity (Wildman–Crippen MR) is 153 cm³/mol. The standard InChI is InChI=1S/C34H37N3/c35-25-32(33(36-21-7-1-8-22-36)30-19-11-15-26-13-3-5-17-28(26)30)34(37-23-9-2-10-24-37)31-20-12-16-27-14-4-6-18-29(27)31/h3-6,11-20,32-34H,1-2,7-10,21-24H2. The third kappa shape index (κ3) is 4.77. The highest BCUT2D eigenvalue weighted by Gasteiger charge is 2.40. The summed E-state index contributed by atoms with van der Waals surface area (Å²) in [5, 5.41) is 16.2. The molecule has 0 spiro atoms. The van der Waals surface area contributed by atoms with E-state index in [4.69, 9.17) is 0 Å². The fraction of sp³-hybridized carbons (Fsp3) is 0.382. The van der Waals surface area contributed by atoms with Gasteiger partial charge in [-0.1, -0.05) is 97.8 Å². The number of hydrogen-bond acceptors (Lipinski definition) is 3. The van der Waals surface area contributed by atoms with Crippen molar-refractivity contribution in [3.05, 3.63) is 96.1 Å². The van der Waals surface area contributed by atoms with Crippen LogP contribution in [-0.4, -0.2) is 36.0 Å². The average Bonchev–Trinajstić information content (AvgIpc) is 2.98. The van der Waals surface area contributed by atoms with E-state index in [1.807, 2.05) is 0 Å². The molecule has 188 valence electrons. The van der Waals surface area contributed by atoms with Crippen molar-refractivity contribution in [2.24, 2.45) is 5.92 Å². The molecule has 0 bridgehead atoms. The van der Waals surface area contributed by atoms with Gasteiger partial charge in [0.15, 0.2) is 0 Å². The smallest absolute Gasteiger partial charge is 0.0857 e. The molecule has 4 aromatic carbocycles. The molecule has 2 heterocycles. The molecule has 2 atom stereocenters. The van der Waals surface area contributed by atoms with Gasteiger partial charge in [0.2, 0.25) is 0 Å². The van der Waals surface area contributed by atoms with Crippen LogP contribution in [0, 0.1) is 17.2 Å². The molecule has 0 aromatic heterocycles. The lowest BCUT2D eigenvalue weighted by atomic mass is 9.79. The number of hydrogen-bond donors (Lipinski definition) is 0. The third-order valence-electron chi connectivity index (χ3n) is 8.68. The Morgan fingerprint density at radius 3 is 1.35 bits per heavy atom. The summed E-state index contributed by atoms with van der Waals surface area (Å²) in [5.74, 6) is -0.173. The molecule has 2 aliphatic heterocycles. The van der Waals surface area contributed by atoms with Gasteiger partial charge in [0.25, 0.3) is 0 Å². The van der Waals surface area contributed by atoms with Gasteiger partial charge in [-0.3, -0.25) is 9.80 Å². The summed E-state index contributed by atoms with van der Waals surface area (Å²) in [6.07, 6.45) is 7.41. The molecule has 2 unspecified atom stereocenters. The Bertz CT molecular complexity index is 1280. The molecule has 37 heavy (non-hydrogen) atoms. The van der Waals surface area contributed by atoms with E-state index in [-0.39, 0.29) is 18.0 Å². The van der Waals surface area contributed by atoms with Crippen molar-refractivity contribution >= 4 is 21.5 Å². The Kier molecular flexibility index (Phi) is 7.22. The topological polar surface area (TPSA) is 30.3 Å². The van der Waals surface area contributed by atoms with Crippen molar-refractivity contribution in [2.45, 2.75) is 50.6 Å². The number of rotatable bonds is 6. The molecule has 0 saturated carbocycles. The second-order valence-electron chi connectivity index (χ2n) is 10.9. The third-order valence-corrected chi connectivity index (χ3v) is 8.68. The predicted octanol–water partition coefficient (Wildman–Crippen LogP) is 7.89. The Labute approximate surface area is 221 Å². The van der Waals surface area contributed by atoms with Gasteiger partial charge in [-0.15, -0.1) is 0 Å². The van der Waals surface area contributed by atoms with Crippen LogP contribution in [0.3, 0.4) is 0 Å². The van der Waals surface area contributed by atoms with E-state index in [1.54, 1.807) is 0 Å². The van der Waals surface area contributed by atoms with Crippen LogP contribution in [0.2, 0.25) is 0 Å². The highest BCUT2D eigenvalue weighted by atomic mass is 15.2. The first-order valence-corrected chi connectivity index (χ1v) is 14.2. The SMILES string of the molecule is N#CC(C(c1cccc2ccccc12)N1CCCCC1)C(c1cccc2ccccc12)N1CCCCC1. The summed E-state index contributed by atoms with van der Waals surface area (Å²) in [6.45, 7) is 4.26. The van der Waals surface area contributed by atoms with Crippen LogP contribution in [0.1, 0.15) is 61.7 Å². The number of nitriles is 1. The van der Waals surface area contributed by atoms with Gasteiger partial charge in [-0.05, 0) is 84.5 Å². The van der Waals surface area contributed by atoms with Crippen molar-refractivity contribution in [1.82, 2.24) is 9.80 Å². The Morgan fingerprint density at radius 2 is 0.919 bits per heavy atom. The van der Waals surface area contributed by atoms with Crippen molar-refractivity contribution in [2.75, 3.05) is 26.2 Å². The number of fused-ring (bicyclic) bond motifs is 2. The van der Waals surface area contributed by atoms with Crippen LogP contribution in [0.25, 0.3) is 21.5 Å². The van der Waals surface area contributed by atoms with Gasteiger partial charge >= 0.3 is 0 Å². The van der Waals surface area contributed by atoms with Crippen molar-refractivity contribution < 1.29 is 0 Å². The molecule has 0 radical (unpaired) electrons. The molecule has 2 aliphatic rings. The zero-order chi connectivity index (χ0) is 25.0. The monoisotopic (exact) mass is 487 g/mol. The number of likely N-dealkylation sites (tertiary alicyclic amines) is 2. The minimum absolute atomic E-state index is 0.0577. The largest absolute Gasteiger partial charge is 0.295 e. The second kappa shape index (κ2) is 11.1. The van der Waals surface area contributed by atoms with E-state index in [0.29, 0.717) is 0 Å². The molecule has 0 N–H and O–H groups in total. The minimum atomic E-state index is -0.173. The molecule has 0 aliphatic carbocycles. The van der Waals surface area contributed by atoms with Crippen molar-refractivity contribution in [3.63, 3.8) is 0 Å². The van der Waals surface area contributed by atoms with Crippen LogP contribution in [0.5, 0.6) is 0 Å². The quantitative estimate of drug-likeness (QED) is 0.277. The summed E-state index contributed by atoms with van der Waals surface area (Å²) >= 11 is 0. The minimum Gasteiger partial charge on any atom is -0.295 e. The fourth-order valence-corrected chi connectivity index (χ4v) is 6.96. The van der Waals surface area contributed by atoms with Crippen LogP contribution < -0.4 is 0 Å². The summed E-state index contributed by atoms with van der Waals surface area (Å²) in [7, 11) is 0. The van der Waals surface area contributed by atoms with E-state index >= 15 is 0 Å². The number of piperidine rings is 2. The van der Waals surface area contributed by atoms with E-state index in [9.17, 15) is 5.26 Å². The first-order valence-electron chi connectivity index (χ1n) is 14.2. The van der Waals surface area contributed by atoms with E-state index < -0.39 is 0 Å². The highest BCUT2D eigenvalue weighted by molar-refractivity contribution is 5.87. The molecule has 2 saturated heterocycles.